The lowest BCUT2D eigenvalue weighted by Gasteiger charge is -2.27. The minimum absolute atomic E-state index is 0.200. The number of rotatable bonds is 5. The van der Waals surface area contributed by atoms with Crippen LogP contribution in [0.1, 0.15) is 45.4 Å². The van der Waals surface area contributed by atoms with E-state index in [9.17, 15) is 9.90 Å². The molecule has 0 radical (unpaired) electrons. The summed E-state index contributed by atoms with van der Waals surface area (Å²) in [7, 11) is 1.82. The predicted molar refractivity (Wildman–Crippen MR) is 68.5 cm³/mol. The van der Waals surface area contributed by atoms with Gasteiger partial charge in [0.1, 0.15) is 0 Å². The lowest BCUT2D eigenvalue weighted by atomic mass is 9.84. The fourth-order valence-electron chi connectivity index (χ4n) is 2.30. The first-order chi connectivity index (χ1) is 7.99. The Morgan fingerprint density at radius 2 is 2.00 bits per heavy atom. The summed E-state index contributed by atoms with van der Waals surface area (Å²) in [5.41, 5.74) is 5.85. The quantitative estimate of drug-likeness (QED) is 0.759. The van der Waals surface area contributed by atoms with Crippen LogP contribution in [0.4, 0.5) is 0 Å². The zero-order chi connectivity index (χ0) is 12.8. The van der Waals surface area contributed by atoms with Gasteiger partial charge in [-0.25, -0.2) is 0 Å². The number of amides is 1. The van der Waals surface area contributed by atoms with E-state index in [1.165, 1.54) is 0 Å². The molecule has 1 atom stereocenters. The molecule has 1 saturated carbocycles. The normalized spacial score (nSPS) is 26.6. The molecule has 0 aromatic rings. The van der Waals surface area contributed by atoms with Gasteiger partial charge in [-0.15, -0.1) is 0 Å². The molecule has 0 heterocycles. The Labute approximate surface area is 104 Å². The maximum absolute atomic E-state index is 11.9. The van der Waals surface area contributed by atoms with Gasteiger partial charge < -0.3 is 15.7 Å². The van der Waals surface area contributed by atoms with Crippen LogP contribution < -0.4 is 5.73 Å². The van der Waals surface area contributed by atoms with Crippen LogP contribution in [0, 0.1) is 5.92 Å². The molecule has 3 N–H and O–H groups in total. The van der Waals surface area contributed by atoms with Crippen LogP contribution >= 0.6 is 0 Å². The average molecular weight is 242 g/mol. The molecule has 0 bridgehead atoms. The summed E-state index contributed by atoms with van der Waals surface area (Å²) in [6.07, 6.45) is 5.22. The minimum atomic E-state index is -0.335. The number of aliphatic hydroxyl groups is 1. The third kappa shape index (κ3) is 5.50. The fourth-order valence-corrected chi connectivity index (χ4v) is 2.30. The van der Waals surface area contributed by atoms with Crippen molar-refractivity contribution in [3.05, 3.63) is 0 Å². The topological polar surface area (TPSA) is 66.6 Å². The van der Waals surface area contributed by atoms with Crippen LogP contribution in [0.3, 0.4) is 0 Å². The molecule has 1 aliphatic rings. The van der Waals surface area contributed by atoms with Crippen molar-refractivity contribution >= 4 is 5.91 Å². The van der Waals surface area contributed by atoms with Gasteiger partial charge in [0.05, 0.1) is 6.10 Å². The van der Waals surface area contributed by atoms with Crippen molar-refractivity contribution in [1.82, 2.24) is 4.90 Å². The number of carbonyl (C=O) groups excluding carboxylic acids is 1. The van der Waals surface area contributed by atoms with Crippen LogP contribution in [0.5, 0.6) is 0 Å². The van der Waals surface area contributed by atoms with Crippen LogP contribution in [0.25, 0.3) is 0 Å². The van der Waals surface area contributed by atoms with Gasteiger partial charge in [0.2, 0.25) is 5.91 Å². The Morgan fingerprint density at radius 1 is 1.41 bits per heavy atom. The smallest absolute Gasteiger partial charge is 0.222 e. The molecule has 1 fully saturated rings. The van der Waals surface area contributed by atoms with Crippen molar-refractivity contribution in [3.63, 3.8) is 0 Å². The maximum Gasteiger partial charge on any atom is 0.222 e. The monoisotopic (exact) mass is 242 g/mol. The molecule has 0 spiro atoms. The highest BCUT2D eigenvalue weighted by Gasteiger charge is 2.22. The molecule has 1 rings (SSSR count). The number of hydrogen-bond acceptors (Lipinski definition) is 3. The SMILES string of the molecule is CC(O)CCN(C)C(=O)CC1CCC(N)CC1. The Kier molecular flexibility index (Phi) is 5.92. The molecule has 17 heavy (non-hydrogen) atoms. The summed E-state index contributed by atoms with van der Waals surface area (Å²) in [5.74, 6) is 0.711. The van der Waals surface area contributed by atoms with Gasteiger partial charge >= 0.3 is 0 Å². The van der Waals surface area contributed by atoms with Crippen LogP contribution in [0.2, 0.25) is 0 Å². The molecule has 1 unspecified atom stereocenters. The molecule has 0 aromatic heterocycles. The molecule has 0 aromatic carbocycles. The average Bonchev–Trinajstić information content (AvgIpc) is 2.28. The van der Waals surface area contributed by atoms with E-state index >= 15 is 0 Å². The van der Waals surface area contributed by atoms with Crippen molar-refractivity contribution in [2.45, 2.75) is 57.6 Å². The van der Waals surface area contributed by atoms with Crippen molar-refractivity contribution in [3.8, 4) is 0 Å². The molecule has 0 aliphatic heterocycles. The van der Waals surface area contributed by atoms with E-state index in [0.29, 0.717) is 31.3 Å². The second kappa shape index (κ2) is 6.97. The van der Waals surface area contributed by atoms with E-state index < -0.39 is 0 Å². The third-order valence-electron chi connectivity index (χ3n) is 3.66. The van der Waals surface area contributed by atoms with Crippen LogP contribution in [-0.2, 0) is 4.79 Å². The second-order valence-corrected chi connectivity index (χ2v) is 5.44. The van der Waals surface area contributed by atoms with E-state index in [4.69, 9.17) is 5.73 Å². The zero-order valence-corrected chi connectivity index (χ0v) is 11.1. The molecule has 1 aliphatic carbocycles. The summed E-state index contributed by atoms with van der Waals surface area (Å²) in [6, 6.07) is 0.342. The van der Waals surface area contributed by atoms with E-state index in [1.54, 1.807) is 11.8 Å². The van der Waals surface area contributed by atoms with Crippen molar-refractivity contribution in [2.24, 2.45) is 11.7 Å². The predicted octanol–water partition coefficient (Wildman–Crippen LogP) is 1.12. The molecular formula is C13H26N2O2. The third-order valence-corrected chi connectivity index (χ3v) is 3.66. The van der Waals surface area contributed by atoms with Crippen molar-refractivity contribution in [1.29, 1.82) is 0 Å². The van der Waals surface area contributed by atoms with Gasteiger partial charge in [0, 0.05) is 26.1 Å². The van der Waals surface area contributed by atoms with Gasteiger partial charge in [-0.2, -0.15) is 0 Å². The number of aliphatic hydroxyl groups excluding tert-OH is 1. The standard InChI is InChI=1S/C13H26N2O2/c1-10(16)7-8-15(2)13(17)9-11-3-5-12(14)6-4-11/h10-12,16H,3-9,14H2,1-2H3. The summed E-state index contributed by atoms with van der Waals surface area (Å²) >= 11 is 0. The summed E-state index contributed by atoms with van der Waals surface area (Å²) in [4.78, 5) is 13.7. The maximum atomic E-state index is 11.9. The number of nitrogens with two attached hydrogens (primary N) is 1. The molecule has 0 saturated heterocycles. The lowest BCUT2D eigenvalue weighted by Crippen LogP contribution is -2.33. The Morgan fingerprint density at radius 3 is 2.53 bits per heavy atom. The van der Waals surface area contributed by atoms with Crippen molar-refractivity contribution < 1.29 is 9.90 Å². The minimum Gasteiger partial charge on any atom is -0.393 e. The molecule has 1 amide bonds. The first-order valence-electron chi connectivity index (χ1n) is 6.66. The van der Waals surface area contributed by atoms with E-state index in [-0.39, 0.29) is 12.0 Å². The molecular weight excluding hydrogens is 216 g/mol. The van der Waals surface area contributed by atoms with E-state index in [1.807, 2.05) is 7.05 Å². The van der Waals surface area contributed by atoms with Gasteiger partial charge in [-0.05, 0) is 44.9 Å². The van der Waals surface area contributed by atoms with Crippen molar-refractivity contribution in [2.75, 3.05) is 13.6 Å². The lowest BCUT2D eigenvalue weighted by molar-refractivity contribution is -0.131. The number of hydrogen-bond donors (Lipinski definition) is 2. The van der Waals surface area contributed by atoms with Crippen LogP contribution in [0.15, 0.2) is 0 Å². The fraction of sp³-hybridized carbons (Fsp3) is 0.923. The largest absolute Gasteiger partial charge is 0.393 e. The van der Waals surface area contributed by atoms with Gasteiger partial charge in [-0.3, -0.25) is 4.79 Å². The molecule has 4 nitrogen and oxygen atoms in total. The summed E-state index contributed by atoms with van der Waals surface area (Å²) in [5, 5.41) is 9.18. The zero-order valence-electron chi connectivity index (χ0n) is 11.1. The first kappa shape index (κ1) is 14.5. The van der Waals surface area contributed by atoms with Gasteiger partial charge in [-0.1, -0.05) is 0 Å². The number of nitrogens with zero attached hydrogens (tertiary/aromatic N) is 1. The number of carbonyl (C=O) groups is 1. The second-order valence-electron chi connectivity index (χ2n) is 5.44. The Bertz CT molecular complexity index is 236. The van der Waals surface area contributed by atoms with Gasteiger partial charge in [0.25, 0.3) is 0 Å². The molecule has 4 heteroatoms. The Balaban J connectivity index is 2.23. The summed E-state index contributed by atoms with van der Waals surface area (Å²) < 4.78 is 0. The first-order valence-corrected chi connectivity index (χ1v) is 6.66. The highest BCUT2D eigenvalue weighted by Crippen LogP contribution is 2.26. The summed E-state index contributed by atoms with van der Waals surface area (Å²) in [6.45, 7) is 2.39. The highest BCUT2D eigenvalue weighted by molar-refractivity contribution is 5.76. The van der Waals surface area contributed by atoms with E-state index in [0.717, 1.165) is 25.7 Å². The van der Waals surface area contributed by atoms with Gasteiger partial charge in [0.15, 0.2) is 0 Å². The highest BCUT2D eigenvalue weighted by atomic mass is 16.3. The van der Waals surface area contributed by atoms with E-state index in [2.05, 4.69) is 0 Å². The van der Waals surface area contributed by atoms with Crippen LogP contribution in [-0.4, -0.2) is 41.7 Å². The Hall–Kier alpha value is -0.610. The molecule has 100 valence electrons.